The molecule has 3 nitrogen and oxygen atoms in total. The summed E-state index contributed by atoms with van der Waals surface area (Å²) in [5.41, 5.74) is 3.18. The first-order valence-electron chi connectivity index (χ1n) is 5.52. The van der Waals surface area contributed by atoms with Crippen molar-refractivity contribution in [2.24, 2.45) is 0 Å². The second kappa shape index (κ2) is 4.94. The molecule has 16 heavy (non-hydrogen) atoms. The minimum absolute atomic E-state index is 0.700. The van der Waals surface area contributed by atoms with Gasteiger partial charge < -0.3 is 9.73 Å². The maximum atomic E-state index is 5.48. The Labute approximate surface area is 95.5 Å². The van der Waals surface area contributed by atoms with Crippen LogP contribution < -0.4 is 5.32 Å². The first-order chi connectivity index (χ1) is 7.81. The van der Waals surface area contributed by atoms with E-state index < -0.39 is 0 Å². The van der Waals surface area contributed by atoms with E-state index in [-0.39, 0.29) is 0 Å². The lowest BCUT2D eigenvalue weighted by atomic mass is 10.1. The van der Waals surface area contributed by atoms with E-state index in [0.29, 0.717) is 5.89 Å². The number of oxazole rings is 1. The molecule has 0 aliphatic carbocycles. The fourth-order valence-corrected chi connectivity index (χ4v) is 1.58. The average molecular weight is 216 g/mol. The van der Waals surface area contributed by atoms with Gasteiger partial charge in [-0.05, 0) is 25.1 Å². The molecule has 2 aromatic rings. The summed E-state index contributed by atoms with van der Waals surface area (Å²) in [4.78, 5) is 4.45. The summed E-state index contributed by atoms with van der Waals surface area (Å²) < 4.78 is 5.48. The summed E-state index contributed by atoms with van der Waals surface area (Å²) in [5.74, 6) is 0.700. The van der Waals surface area contributed by atoms with Crippen molar-refractivity contribution in [1.29, 1.82) is 0 Å². The Kier molecular flexibility index (Phi) is 3.37. The van der Waals surface area contributed by atoms with Crippen LogP contribution in [0.2, 0.25) is 0 Å². The fourth-order valence-electron chi connectivity index (χ4n) is 1.58. The van der Waals surface area contributed by atoms with Crippen LogP contribution in [0.1, 0.15) is 18.2 Å². The average Bonchev–Trinajstić information content (AvgIpc) is 2.75. The molecule has 0 aliphatic rings. The van der Waals surface area contributed by atoms with E-state index >= 15 is 0 Å². The van der Waals surface area contributed by atoms with Crippen molar-refractivity contribution in [3.8, 4) is 11.5 Å². The molecule has 0 bridgehead atoms. The highest BCUT2D eigenvalue weighted by Gasteiger charge is 2.07. The number of nitrogens with one attached hydrogen (secondary N) is 1. The van der Waals surface area contributed by atoms with E-state index in [4.69, 9.17) is 4.42 Å². The molecule has 84 valence electrons. The van der Waals surface area contributed by atoms with Crippen LogP contribution in [0.4, 0.5) is 0 Å². The maximum Gasteiger partial charge on any atom is 0.226 e. The predicted molar refractivity (Wildman–Crippen MR) is 64.1 cm³/mol. The van der Waals surface area contributed by atoms with Crippen LogP contribution >= 0.6 is 0 Å². The zero-order chi connectivity index (χ0) is 11.4. The topological polar surface area (TPSA) is 38.1 Å². The Bertz CT molecular complexity index is 462. The number of aromatic nitrogens is 1. The van der Waals surface area contributed by atoms with Crippen molar-refractivity contribution in [2.45, 2.75) is 20.4 Å². The van der Waals surface area contributed by atoms with Gasteiger partial charge in [0.1, 0.15) is 6.26 Å². The maximum absolute atomic E-state index is 5.48. The Morgan fingerprint density at radius 1 is 1.31 bits per heavy atom. The van der Waals surface area contributed by atoms with Gasteiger partial charge in [-0.1, -0.05) is 25.1 Å². The number of aryl methyl sites for hydroxylation is 1. The molecule has 1 heterocycles. The molecule has 2 rings (SSSR count). The van der Waals surface area contributed by atoms with E-state index in [9.17, 15) is 0 Å². The Morgan fingerprint density at radius 2 is 2.12 bits per heavy atom. The van der Waals surface area contributed by atoms with Crippen molar-refractivity contribution in [3.63, 3.8) is 0 Å². The van der Waals surface area contributed by atoms with E-state index in [1.807, 2.05) is 18.2 Å². The van der Waals surface area contributed by atoms with E-state index in [1.165, 1.54) is 5.56 Å². The standard InChI is InChI=1S/C13H16N2O/c1-3-14-8-11-9-16-13(15-11)12-7-5-4-6-10(12)2/h4-7,9,14H,3,8H2,1-2H3. The largest absolute Gasteiger partial charge is 0.444 e. The molecule has 0 spiro atoms. The highest BCUT2D eigenvalue weighted by Crippen LogP contribution is 2.21. The molecule has 3 heteroatoms. The summed E-state index contributed by atoms with van der Waals surface area (Å²) in [6.07, 6.45) is 1.71. The number of rotatable bonds is 4. The van der Waals surface area contributed by atoms with Gasteiger partial charge in [0.15, 0.2) is 0 Å². The van der Waals surface area contributed by atoms with Crippen molar-refractivity contribution in [1.82, 2.24) is 10.3 Å². The van der Waals surface area contributed by atoms with Gasteiger partial charge in [0, 0.05) is 12.1 Å². The molecule has 0 atom stereocenters. The predicted octanol–water partition coefficient (Wildman–Crippen LogP) is 2.76. The molecule has 0 aliphatic heterocycles. The van der Waals surface area contributed by atoms with Gasteiger partial charge in [-0.15, -0.1) is 0 Å². The molecule has 0 radical (unpaired) electrons. The highest BCUT2D eigenvalue weighted by molar-refractivity contribution is 5.58. The zero-order valence-electron chi connectivity index (χ0n) is 9.66. The molecular formula is C13H16N2O. The lowest BCUT2D eigenvalue weighted by Gasteiger charge is -1.99. The third-order valence-electron chi connectivity index (χ3n) is 2.48. The number of benzene rings is 1. The second-order valence-corrected chi connectivity index (χ2v) is 3.74. The molecule has 0 saturated heterocycles. The second-order valence-electron chi connectivity index (χ2n) is 3.74. The van der Waals surface area contributed by atoms with E-state index in [0.717, 1.165) is 24.3 Å². The quantitative estimate of drug-likeness (QED) is 0.854. The van der Waals surface area contributed by atoms with E-state index in [2.05, 4.69) is 30.2 Å². The van der Waals surface area contributed by atoms with Crippen LogP contribution in [0.15, 0.2) is 34.9 Å². The first-order valence-corrected chi connectivity index (χ1v) is 5.52. The number of hydrogen-bond donors (Lipinski definition) is 1. The molecular weight excluding hydrogens is 200 g/mol. The van der Waals surface area contributed by atoms with Gasteiger partial charge in [-0.3, -0.25) is 0 Å². The van der Waals surface area contributed by atoms with Crippen LogP contribution in [0.5, 0.6) is 0 Å². The van der Waals surface area contributed by atoms with Crippen molar-refractivity contribution in [2.75, 3.05) is 6.54 Å². The normalized spacial score (nSPS) is 10.6. The summed E-state index contributed by atoms with van der Waals surface area (Å²) in [5, 5.41) is 3.22. The fraction of sp³-hybridized carbons (Fsp3) is 0.308. The minimum atomic E-state index is 0.700. The van der Waals surface area contributed by atoms with Crippen LogP contribution in [-0.4, -0.2) is 11.5 Å². The van der Waals surface area contributed by atoms with Gasteiger partial charge in [0.2, 0.25) is 5.89 Å². The zero-order valence-corrected chi connectivity index (χ0v) is 9.66. The molecule has 0 fully saturated rings. The Balaban J connectivity index is 2.22. The number of nitrogens with zero attached hydrogens (tertiary/aromatic N) is 1. The molecule has 1 aromatic heterocycles. The first kappa shape index (κ1) is 10.9. The number of hydrogen-bond acceptors (Lipinski definition) is 3. The minimum Gasteiger partial charge on any atom is -0.444 e. The van der Waals surface area contributed by atoms with Crippen molar-refractivity contribution >= 4 is 0 Å². The monoisotopic (exact) mass is 216 g/mol. The molecule has 0 unspecified atom stereocenters. The SMILES string of the molecule is CCNCc1coc(-c2ccccc2C)n1. The lowest BCUT2D eigenvalue weighted by Crippen LogP contribution is -2.11. The molecule has 1 aromatic carbocycles. The van der Waals surface area contributed by atoms with Crippen LogP contribution in [0, 0.1) is 6.92 Å². The van der Waals surface area contributed by atoms with Gasteiger partial charge in [0.05, 0.1) is 5.69 Å². The Morgan fingerprint density at radius 3 is 2.88 bits per heavy atom. The van der Waals surface area contributed by atoms with E-state index in [1.54, 1.807) is 6.26 Å². The highest BCUT2D eigenvalue weighted by atomic mass is 16.3. The van der Waals surface area contributed by atoms with Crippen LogP contribution in [-0.2, 0) is 6.54 Å². The molecule has 1 N–H and O–H groups in total. The van der Waals surface area contributed by atoms with Crippen LogP contribution in [0.25, 0.3) is 11.5 Å². The summed E-state index contributed by atoms with van der Waals surface area (Å²) in [7, 11) is 0. The summed E-state index contributed by atoms with van der Waals surface area (Å²) >= 11 is 0. The lowest BCUT2D eigenvalue weighted by molar-refractivity contribution is 0.570. The molecule has 0 amide bonds. The smallest absolute Gasteiger partial charge is 0.226 e. The van der Waals surface area contributed by atoms with Crippen molar-refractivity contribution in [3.05, 3.63) is 41.8 Å². The third kappa shape index (κ3) is 2.31. The third-order valence-corrected chi connectivity index (χ3v) is 2.48. The van der Waals surface area contributed by atoms with Gasteiger partial charge in [-0.2, -0.15) is 0 Å². The van der Waals surface area contributed by atoms with Crippen LogP contribution in [0.3, 0.4) is 0 Å². The van der Waals surface area contributed by atoms with Gasteiger partial charge in [0.25, 0.3) is 0 Å². The summed E-state index contributed by atoms with van der Waals surface area (Å²) in [6.45, 7) is 5.82. The van der Waals surface area contributed by atoms with Crippen molar-refractivity contribution < 1.29 is 4.42 Å². The summed E-state index contributed by atoms with van der Waals surface area (Å²) in [6, 6.07) is 8.10. The van der Waals surface area contributed by atoms with Gasteiger partial charge in [-0.25, -0.2) is 4.98 Å². The molecule has 0 saturated carbocycles. The Hall–Kier alpha value is -1.61. The van der Waals surface area contributed by atoms with Gasteiger partial charge >= 0.3 is 0 Å².